The van der Waals surface area contributed by atoms with Crippen LogP contribution >= 0.6 is 0 Å². The highest BCUT2D eigenvalue weighted by Crippen LogP contribution is 2.21. The number of nitrogens with one attached hydrogen (secondary N) is 1. The third-order valence-corrected chi connectivity index (χ3v) is 5.06. The van der Waals surface area contributed by atoms with E-state index in [1.807, 2.05) is 18.2 Å². The van der Waals surface area contributed by atoms with Gasteiger partial charge in [-0.25, -0.2) is 4.98 Å². The van der Waals surface area contributed by atoms with E-state index in [2.05, 4.69) is 44.3 Å². The summed E-state index contributed by atoms with van der Waals surface area (Å²) in [6.07, 6.45) is 1.61. The maximum Gasteiger partial charge on any atom is 0.269 e. The lowest BCUT2D eigenvalue weighted by molar-refractivity contribution is 0.313. The maximum atomic E-state index is 12.1. The van der Waals surface area contributed by atoms with Crippen LogP contribution < -0.4 is 15.8 Å². The van der Waals surface area contributed by atoms with Crippen LogP contribution in [-0.2, 0) is 7.05 Å². The number of pyridine rings is 1. The molecule has 0 amide bonds. The van der Waals surface area contributed by atoms with Crippen LogP contribution in [0.5, 0.6) is 0 Å². The minimum atomic E-state index is -0.365. The highest BCUT2D eigenvalue weighted by molar-refractivity contribution is 5.77. The standard InChI is InChI=1S/C20H21N7O/c1-25-7-9-27(10-8-25)17-5-3-16(4-6-17)23-20-22-13-15-11-14(12-21)19(28)26(2)18(15)24-20/h3-6,11,13H,7-10H2,1-2H3,(H,22,23,24). The van der Waals surface area contributed by atoms with Gasteiger partial charge in [-0.2, -0.15) is 10.2 Å². The Kier molecular flexibility index (Phi) is 4.67. The molecule has 0 radical (unpaired) electrons. The number of nitrogens with zero attached hydrogens (tertiary/aromatic N) is 6. The third kappa shape index (κ3) is 3.40. The summed E-state index contributed by atoms with van der Waals surface area (Å²) in [5.41, 5.74) is 2.27. The molecular formula is C20H21N7O. The summed E-state index contributed by atoms with van der Waals surface area (Å²) in [4.78, 5) is 25.6. The summed E-state index contributed by atoms with van der Waals surface area (Å²) in [5.74, 6) is 0.402. The van der Waals surface area contributed by atoms with Crippen LogP contribution in [0.25, 0.3) is 11.0 Å². The fourth-order valence-corrected chi connectivity index (χ4v) is 3.34. The Morgan fingerprint density at radius 1 is 1.11 bits per heavy atom. The molecule has 142 valence electrons. The van der Waals surface area contributed by atoms with Gasteiger partial charge in [0.2, 0.25) is 5.95 Å². The van der Waals surface area contributed by atoms with E-state index in [-0.39, 0.29) is 11.1 Å². The van der Waals surface area contributed by atoms with Crippen molar-refractivity contribution in [1.29, 1.82) is 5.26 Å². The normalized spacial score (nSPS) is 14.8. The summed E-state index contributed by atoms with van der Waals surface area (Å²) in [6, 6.07) is 11.6. The molecule has 1 N–H and O–H groups in total. The zero-order valence-corrected chi connectivity index (χ0v) is 15.9. The Hall–Kier alpha value is -3.44. The molecular weight excluding hydrogens is 354 g/mol. The molecule has 28 heavy (non-hydrogen) atoms. The molecule has 0 bridgehead atoms. The number of hydrogen-bond donors (Lipinski definition) is 1. The number of anilines is 3. The highest BCUT2D eigenvalue weighted by atomic mass is 16.1. The fraction of sp³-hybridized carbons (Fsp3) is 0.300. The number of piperazine rings is 1. The molecule has 3 heterocycles. The van der Waals surface area contributed by atoms with Crippen molar-refractivity contribution in [3.63, 3.8) is 0 Å². The van der Waals surface area contributed by atoms with E-state index in [0.29, 0.717) is 17.0 Å². The Labute approximate surface area is 162 Å². The van der Waals surface area contributed by atoms with Crippen molar-refractivity contribution in [1.82, 2.24) is 19.4 Å². The van der Waals surface area contributed by atoms with Gasteiger partial charge in [0.1, 0.15) is 17.3 Å². The van der Waals surface area contributed by atoms with Crippen LogP contribution in [0.2, 0.25) is 0 Å². The molecule has 0 spiro atoms. The molecule has 0 atom stereocenters. The average molecular weight is 375 g/mol. The quantitative estimate of drug-likeness (QED) is 0.745. The predicted molar refractivity (Wildman–Crippen MR) is 109 cm³/mol. The van der Waals surface area contributed by atoms with Gasteiger partial charge in [-0.05, 0) is 37.4 Å². The third-order valence-electron chi connectivity index (χ3n) is 5.06. The van der Waals surface area contributed by atoms with Crippen molar-refractivity contribution in [3.8, 4) is 6.07 Å². The molecule has 4 rings (SSSR count). The van der Waals surface area contributed by atoms with E-state index in [9.17, 15) is 4.79 Å². The first-order valence-corrected chi connectivity index (χ1v) is 9.12. The number of benzene rings is 1. The number of likely N-dealkylation sites (N-methyl/N-ethyl adjacent to an activating group) is 1. The predicted octanol–water partition coefficient (Wildman–Crippen LogP) is 1.70. The van der Waals surface area contributed by atoms with Crippen LogP contribution in [0.15, 0.2) is 41.3 Å². The minimum Gasteiger partial charge on any atom is -0.369 e. The molecule has 8 nitrogen and oxygen atoms in total. The van der Waals surface area contributed by atoms with E-state index >= 15 is 0 Å². The molecule has 1 aliphatic heterocycles. The van der Waals surface area contributed by atoms with Crippen molar-refractivity contribution in [2.45, 2.75) is 0 Å². The summed E-state index contributed by atoms with van der Waals surface area (Å²) in [5, 5.41) is 12.9. The molecule has 8 heteroatoms. The first-order valence-electron chi connectivity index (χ1n) is 9.12. The second-order valence-corrected chi connectivity index (χ2v) is 6.97. The van der Waals surface area contributed by atoms with Gasteiger partial charge in [0.05, 0.1) is 0 Å². The second-order valence-electron chi connectivity index (χ2n) is 6.97. The van der Waals surface area contributed by atoms with Crippen LogP contribution in [0, 0.1) is 11.3 Å². The fourth-order valence-electron chi connectivity index (χ4n) is 3.34. The largest absolute Gasteiger partial charge is 0.369 e. The number of aryl methyl sites for hydroxylation is 1. The molecule has 0 unspecified atom stereocenters. The van der Waals surface area contributed by atoms with Gasteiger partial charge in [0.15, 0.2) is 0 Å². The lowest BCUT2D eigenvalue weighted by atomic mass is 10.2. The Morgan fingerprint density at radius 2 is 1.82 bits per heavy atom. The molecule has 0 saturated carbocycles. The highest BCUT2D eigenvalue weighted by Gasteiger charge is 2.14. The van der Waals surface area contributed by atoms with Gasteiger partial charge in [-0.3, -0.25) is 9.36 Å². The summed E-state index contributed by atoms with van der Waals surface area (Å²) < 4.78 is 1.37. The van der Waals surface area contributed by atoms with Gasteiger partial charge in [-0.15, -0.1) is 0 Å². The van der Waals surface area contributed by atoms with Gasteiger partial charge >= 0.3 is 0 Å². The molecule has 0 aliphatic carbocycles. The van der Waals surface area contributed by atoms with Gasteiger partial charge < -0.3 is 15.1 Å². The molecule has 1 aromatic carbocycles. The second kappa shape index (κ2) is 7.29. The number of aromatic nitrogens is 3. The van der Waals surface area contributed by atoms with Crippen LogP contribution in [0.3, 0.4) is 0 Å². The van der Waals surface area contributed by atoms with Gasteiger partial charge in [-0.1, -0.05) is 0 Å². The van der Waals surface area contributed by atoms with Crippen LogP contribution in [-0.4, -0.2) is 52.7 Å². The molecule has 2 aromatic heterocycles. The monoisotopic (exact) mass is 375 g/mol. The first-order chi connectivity index (χ1) is 13.5. The van der Waals surface area contributed by atoms with Crippen LogP contribution in [0.1, 0.15) is 5.56 Å². The van der Waals surface area contributed by atoms with E-state index in [1.165, 1.54) is 16.3 Å². The smallest absolute Gasteiger partial charge is 0.269 e. The number of rotatable bonds is 3. The molecule has 1 fully saturated rings. The summed E-state index contributed by atoms with van der Waals surface area (Å²) in [6.45, 7) is 4.18. The van der Waals surface area contributed by atoms with Gasteiger partial charge in [0.25, 0.3) is 5.56 Å². The van der Waals surface area contributed by atoms with Crippen LogP contribution in [0.4, 0.5) is 17.3 Å². The Balaban J connectivity index is 1.56. The van der Waals surface area contributed by atoms with E-state index < -0.39 is 0 Å². The molecule has 1 saturated heterocycles. The zero-order valence-electron chi connectivity index (χ0n) is 15.9. The maximum absolute atomic E-state index is 12.1. The van der Waals surface area contributed by atoms with Crippen molar-refractivity contribution in [3.05, 3.63) is 52.4 Å². The first kappa shape index (κ1) is 17.9. The summed E-state index contributed by atoms with van der Waals surface area (Å²) >= 11 is 0. The van der Waals surface area contributed by atoms with E-state index in [4.69, 9.17) is 5.26 Å². The summed E-state index contributed by atoms with van der Waals surface area (Å²) in [7, 11) is 3.75. The van der Waals surface area contributed by atoms with Crippen molar-refractivity contribution in [2.24, 2.45) is 7.05 Å². The van der Waals surface area contributed by atoms with Crippen molar-refractivity contribution >= 4 is 28.4 Å². The number of fused-ring (bicyclic) bond motifs is 1. The lowest BCUT2D eigenvalue weighted by Crippen LogP contribution is -2.44. The molecule has 1 aliphatic rings. The van der Waals surface area contributed by atoms with E-state index in [0.717, 1.165) is 31.9 Å². The topological polar surface area (TPSA) is 90.1 Å². The number of nitriles is 1. The molecule has 3 aromatic rings. The Bertz CT molecular complexity index is 1110. The lowest BCUT2D eigenvalue weighted by Gasteiger charge is -2.34. The van der Waals surface area contributed by atoms with Crippen molar-refractivity contribution < 1.29 is 0 Å². The van der Waals surface area contributed by atoms with Crippen molar-refractivity contribution in [2.75, 3.05) is 43.4 Å². The average Bonchev–Trinajstić information content (AvgIpc) is 2.72. The van der Waals surface area contributed by atoms with Gasteiger partial charge in [0, 0.05) is 56.2 Å². The Morgan fingerprint density at radius 3 is 2.50 bits per heavy atom. The zero-order chi connectivity index (χ0) is 19.7. The minimum absolute atomic E-state index is 0.0822. The van der Waals surface area contributed by atoms with E-state index in [1.54, 1.807) is 13.2 Å². The SMILES string of the molecule is CN1CCN(c2ccc(Nc3ncc4cc(C#N)c(=O)n(C)c4n3)cc2)CC1. The number of hydrogen-bond acceptors (Lipinski definition) is 7.